The summed E-state index contributed by atoms with van der Waals surface area (Å²) in [5.74, 6) is -0.248. The first-order chi connectivity index (χ1) is 9.83. The van der Waals surface area contributed by atoms with Crippen molar-refractivity contribution in [2.45, 2.75) is 6.61 Å². The van der Waals surface area contributed by atoms with Crippen LogP contribution in [0.3, 0.4) is 0 Å². The maximum atomic E-state index is 11.7. The molecule has 0 aliphatic rings. The predicted octanol–water partition coefficient (Wildman–Crippen LogP) is 1.80. The standard InChI is InChI=1S/C14H11N3O3/c18-14-17(12-8-4-5-9-15-12)16-13(20-14)19-10-11-6-2-1-3-7-11/h1-9H,10H2. The summed E-state index contributed by atoms with van der Waals surface area (Å²) in [6.07, 6.45) is 1.49. The first-order valence-corrected chi connectivity index (χ1v) is 6.01. The molecule has 0 bridgehead atoms. The van der Waals surface area contributed by atoms with Gasteiger partial charge in [-0.15, -0.1) is 4.68 Å². The highest BCUT2D eigenvalue weighted by Crippen LogP contribution is 2.08. The van der Waals surface area contributed by atoms with Crippen LogP contribution in [0.5, 0.6) is 6.08 Å². The summed E-state index contributed by atoms with van der Waals surface area (Å²) in [4.78, 5) is 15.7. The molecule has 100 valence electrons. The van der Waals surface area contributed by atoms with Crippen molar-refractivity contribution in [3.8, 4) is 11.9 Å². The Morgan fingerprint density at radius 1 is 1.10 bits per heavy atom. The number of pyridine rings is 1. The molecular weight excluding hydrogens is 258 g/mol. The summed E-state index contributed by atoms with van der Waals surface area (Å²) in [5, 5.41) is 3.95. The van der Waals surface area contributed by atoms with Gasteiger partial charge < -0.3 is 9.15 Å². The molecule has 0 N–H and O–H groups in total. The summed E-state index contributed by atoms with van der Waals surface area (Å²) in [6, 6.07) is 14.7. The largest absolute Gasteiger partial charge is 0.445 e. The zero-order valence-electron chi connectivity index (χ0n) is 10.5. The van der Waals surface area contributed by atoms with Crippen LogP contribution in [0.2, 0.25) is 0 Å². The lowest BCUT2D eigenvalue weighted by Gasteiger charge is -1.99. The first kappa shape index (κ1) is 12.2. The molecule has 0 unspecified atom stereocenters. The van der Waals surface area contributed by atoms with Crippen LogP contribution in [0.15, 0.2) is 63.9 Å². The molecule has 2 heterocycles. The molecule has 3 aromatic rings. The molecule has 0 atom stereocenters. The highest BCUT2D eigenvalue weighted by Gasteiger charge is 2.11. The number of rotatable bonds is 4. The highest BCUT2D eigenvalue weighted by atomic mass is 16.6. The Hall–Kier alpha value is -2.89. The molecule has 0 amide bonds. The van der Waals surface area contributed by atoms with Crippen LogP contribution in [0.25, 0.3) is 5.82 Å². The van der Waals surface area contributed by atoms with Gasteiger partial charge in [0.15, 0.2) is 5.82 Å². The molecule has 0 aliphatic heterocycles. The number of hydrogen-bond donors (Lipinski definition) is 0. The molecule has 0 fully saturated rings. The average molecular weight is 269 g/mol. The smallest absolute Gasteiger partial charge is 0.444 e. The van der Waals surface area contributed by atoms with Gasteiger partial charge in [-0.05, 0) is 17.7 Å². The van der Waals surface area contributed by atoms with Gasteiger partial charge in [0.1, 0.15) is 6.61 Å². The lowest BCUT2D eigenvalue weighted by molar-refractivity contribution is 0.215. The maximum absolute atomic E-state index is 11.7. The molecular formula is C14H11N3O3. The SMILES string of the molecule is O=c1oc(OCc2ccccc2)nn1-c1ccccn1. The van der Waals surface area contributed by atoms with E-state index in [2.05, 4.69) is 10.1 Å². The molecule has 3 rings (SSSR count). The Bertz CT molecular complexity index is 735. The highest BCUT2D eigenvalue weighted by molar-refractivity contribution is 5.19. The van der Waals surface area contributed by atoms with Crippen molar-refractivity contribution in [1.29, 1.82) is 0 Å². The summed E-state index contributed by atoms with van der Waals surface area (Å²) in [6.45, 7) is 0.281. The van der Waals surface area contributed by atoms with Crippen molar-refractivity contribution >= 4 is 0 Å². The van der Waals surface area contributed by atoms with E-state index in [9.17, 15) is 4.79 Å². The zero-order valence-corrected chi connectivity index (χ0v) is 10.5. The van der Waals surface area contributed by atoms with Crippen molar-refractivity contribution in [3.63, 3.8) is 0 Å². The minimum absolute atomic E-state index is 0.0792. The van der Waals surface area contributed by atoms with Crippen molar-refractivity contribution < 1.29 is 9.15 Å². The molecule has 0 saturated heterocycles. The Morgan fingerprint density at radius 3 is 2.65 bits per heavy atom. The molecule has 0 aliphatic carbocycles. The maximum Gasteiger partial charge on any atom is 0.445 e. The lowest BCUT2D eigenvalue weighted by atomic mass is 10.2. The van der Waals surface area contributed by atoms with Crippen LogP contribution in [-0.4, -0.2) is 14.8 Å². The molecule has 1 aromatic carbocycles. The number of nitrogens with zero attached hydrogens (tertiary/aromatic N) is 3. The third-order valence-electron chi connectivity index (χ3n) is 2.60. The second kappa shape index (κ2) is 5.40. The second-order valence-corrected chi connectivity index (χ2v) is 4.01. The first-order valence-electron chi connectivity index (χ1n) is 6.01. The Balaban J connectivity index is 1.78. The van der Waals surface area contributed by atoms with Gasteiger partial charge in [0.25, 0.3) is 0 Å². The van der Waals surface area contributed by atoms with Crippen LogP contribution in [0, 0.1) is 0 Å². The predicted molar refractivity (Wildman–Crippen MR) is 70.7 cm³/mol. The summed E-state index contributed by atoms with van der Waals surface area (Å²) >= 11 is 0. The van der Waals surface area contributed by atoms with E-state index in [0.29, 0.717) is 5.82 Å². The van der Waals surface area contributed by atoms with Crippen LogP contribution >= 0.6 is 0 Å². The fourth-order valence-electron chi connectivity index (χ4n) is 1.66. The number of hydrogen-bond acceptors (Lipinski definition) is 5. The normalized spacial score (nSPS) is 10.4. The van der Waals surface area contributed by atoms with Gasteiger partial charge in [-0.2, -0.15) is 0 Å². The number of ether oxygens (including phenoxy) is 1. The van der Waals surface area contributed by atoms with Crippen LogP contribution < -0.4 is 10.5 Å². The molecule has 0 radical (unpaired) electrons. The zero-order chi connectivity index (χ0) is 13.8. The number of benzene rings is 1. The monoisotopic (exact) mass is 269 g/mol. The Morgan fingerprint density at radius 2 is 1.90 bits per heavy atom. The molecule has 20 heavy (non-hydrogen) atoms. The third kappa shape index (κ3) is 2.59. The lowest BCUT2D eigenvalue weighted by Crippen LogP contribution is -2.14. The van der Waals surface area contributed by atoms with Crippen LogP contribution in [0.4, 0.5) is 0 Å². The van der Waals surface area contributed by atoms with Gasteiger partial charge in [-0.1, -0.05) is 41.5 Å². The minimum Gasteiger partial charge on any atom is -0.444 e. The van der Waals surface area contributed by atoms with E-state index >= 15 is 0 Å². The van der Waals surface area contributed by atoms with Crippen molar-refractivity contribution in [2.24, 2.45) is 0 Å². The fourth-order valence-corrected chi connectivity index (χ4v) is 1.66. The van der Waals surface area contributed by atoms with E-state index in [-0.39, 0.29) is 12.7 Å². The fraction of sp³-hybridized carbons (Fsp3) is 0.0714. The summed E-state index contributed by atoms with van der Waals surface area (Å²) < 4.78 is 11.3. The van der Waals surface area contributed by atoms with Gasteiger partial charge in [-0.3, -0.25) is 0 Å². The summed E-state index contributed by atoms with van der Waals surface area (Å²) in [5.41, 5.74) is 0.961. The van der Waals surface area contributed by atoms with Gasteiger partial charge in [0.05, 0.1) is 0 Å². The molecule has 0 spiro atoms. The van der Waals surface area contributed by atoms with E-state index in [1.807, 2.05) is 30.3 Å². The van der Waals surface area contributed by atoms with E-state index in [0.717, 1.165) is 10.2 Å². The van der Waals surface area contributed by atoms with Crippen LogP contribution in [-0.2, 0) is 6.61 Å². The Labute approximate surface area is 114 Å². The minimum atomic E-state index is -0.633. The van der Waals surface area contributed by atoms with E-state index < -0.39 is 5.76 Å². The average Bonchev–Trinajstić information content (AvgIpc) is 2.88. The molecule has 2 aromatic heterocycles. The Kier molecular flexibility index (Phi) is 3.28. The molecule has 6 nitrogen and oxygen atoms in total. The van der Waals surface area contributed by atoms with E-state index in [1.165, 1.54) is 0 Å². The summed E-state index contributed by atoms with van der Waals surface area (Å²) in [7, 11) is 0. The topological polar surface area (TPSA) is 70.2 Å². The quantitative estimate of drug-likeness (QED) is 0.722. The van der Waals surface area contributed by atoms with Crippen molar-refractivity contribution in [1.82, 2.24) is 14.8 Å². The van der Waals surface area contributed by atoms with Crippen molar-refractivity contribution in [2.75, 3.05) is 0 Å². The molecule has 0 saturated carbocycles. The number of aromatic nitrogens is 3. The van der Waals surface area contributed by atoms with Gasteiger partial charge >= 0.3 is 11.8 Å². The molecule has 6 heteroatoms. The van der Waals surface area contributed by atoms with Crippen LogP contribution in [0.1, 0.15) is 5.56 Å². The van der Waals surface area contributed by atoms with E-state index in [1.54, 1.807) is 24.4 Å². The van der Waals surface area contributed by atoms with Gasteiger partial charge in [0.2, 0.25) is 0 Å². The van der Waals surface area contributed by atoms with Gasteiger partial charge in [0, 0.05) is 6.20 Å². The van der Waals surface area contributed by atoms with E-state index in [4.69, 9.17) is 9.15 Å². The van der Waals surface area contributed by atoms with Crippen molar-refractivity contribution in [3.05, 3.63) is 70.8 Å². The van der Waals surface area contributed by atoms with Gasteiger partial charge in [-0.25, -0.2) is 9.78 Å². The second-order valence-electron chi connectivity index (χ2n) is 4.01. The third-order valence-corrected chi connectivity index (χ3v) is 2.60.